The second-order valence-corrected chi connectivity index (χ2v) is 5.67. The number of alkyl halides is 1. The minimum absolute atomic E-state index is 0.0384. The molecule has 2 aromatic carbocycles. The molecule has 3 aromatic rings. The number of rotatable bonds is 3. The van der Waals surface area contributed by atoms with Gasteiger partial charge in [0.25, 0.3) is 0 Å². The van der Waals surface area contributed by atoms with Crippen molar-refractivity contribution < 1.29 is 9.15 Å². The molecule has 108 valence electrons. The molecule has 4 nitrogen and oxygen atoms in total. The molecule has 0 aliphatic heterocycles. The zero-order chi connectivity index (χ0) is 15.0. The number of hydrogen-bond donors (Lipinski definition) is 0. The molecule has 0 saturated carbocycles. The molecule has 21 heavy (non-hydrogen) atoms. The Hall–Kier alpha value is -2.01. The second-order valence-electron chi connectivity index (χ2n) is 4.76. The van der Waals surface area contributed by atoms with Gasteiger partial charge in [0, 0.05) is 12.6 Å². The van der Waals surface area contributed by atoms with E-state index in [0.29, 0.717) is 5.58 Å². The van der Waals surface area contributed by atoms with Crippen LogP contribution in [-0.2, 0) is 7.05 Å². The van der Waals surface area contributed by atoms with Crippen LogP contribution in [0.2, 0.25) is 0 Å². The Morgan fingerprint density at radius 2 is 2.00 bits per heavy atom. The van der Waals surface area contributed by atoms with Gasteiger partial charge in [-0.05, 0) is 23.8 Å². The van der Waals surface area contributed by atoms with Gasteiger partial charge >= 0.3 is 5.76 Å². The SMILES string of the molecule is COc1ccccc1C(Br)c1ccc2c(c1)oc(=O)n2C. The van der Waals surface area contributed by atoms with E-state index < -0.39 is 0 Å². The third-order valence-corrected chi connectivity index (χ3v) is 4.54. The zero-order valence-electron chi connectivity index (χ0n) is 11.7. The van der Waals surface area contributed by atoms with Crippen LogP contribution in [0, 0.1) is 0 Å². The maximum atomic E-state index is 11.6. The van der Waals surface area contributed by atoms with Gasteiger partial charge in [-0.15, -0.1) is 0 Å². The first-order valence-electron chi connectivity index (χ1n) is 6.48. The number of fused-ring (bicyclic) bond motifs is 1. The maximum Gasteiger partial charge on any atom is 0.419 e. The Morgan fingerprint density at radius 3 is 2.76 bits per heavy atom. The van der Waals surface area contributed by atoms with E-state index in [0.717, 1.165) is 22.4 Å². The van der Waals surface area contributed by atoms with E-state index in [2.05, 4.69) is 15.9 Å². The summed E-state index contributed by atoms with van der Waals surface area (Å²) in [5.74, 6) is 0.458. The predicted octanol–water partition coefficient (Wildman–Crippen LogP) is 3.62. The number of methoxy groups -OCH3 is 1. The van der Waals surface area contributed by atoms with E-state index in [9.17, 15) is 4.79 Å². The molecule has 1 atom stereocenters. The van der Waals surface area contributed by atoms with Gasteiger partial charge in [0.1, 0.15) is 5.75 Å². The summed E-state index contributed by atoms with van der Waals surface area (Å²) >= 11 is 3.69. The molecule has 0 aliphatic rings. The Morgan fingerprint density at radius 1 is 1.24 bits per heavy atom. The first-order valence-corrected chi connectivity index (χ1v) is 7.40. The molecular formula is C16H14BrNO3. The third-order valence-electron chi connectivity index (χ3n) is 3.52. The lowest BCUT2D eigenvalue weighted by molar-refractivity contribution is 0.410. The topological polar surface area (TPSA) is 44.4 Å². The van der Waals surface area contributed by atoms with Crippen LogP contribution in [0.5, 0.6) is 5.75 Å². The van der Waals surface area contributed by atoms with Crippen LogP contribution in [-0.4, -0.2) is 11.7 Å². The van der Waals surface area contributed by atoms with Gasteiger partial charge in [0.05, 0.1) is 17.5 Å². The summed E-state index contributed by atoms with van der Waals surface area (Å²) in [6, 6.07) is 13.6. The van der Waals surface area contributed by atoms with Crippen LogP contribution in [0.1, 0.15) is 16.0 Å². The van der Waals surface area contributed by atoms with Crippen molar-refractivity contribution in [2.24, 2.45) is 7.05 Å². The van der Waals surface area contributed by atoms with Gasteiger partial charge in [-0.25, -0.2) is 4.79 Å². The minimum Gasteiger partial charge on any atom is -0.496 e. The molecule has 1 aromatic heterocycles. The molecule has 0 spiro atoms. The smallest absolute Gasteiger partial charge is 0.419 e. The Kier molecular flexibility index (Phi) is 3.59. The number of hydrogen-bond acceptors (Lipinski definition) is 3. The van der Waals surface area contributed by atoms with Gasteiger partial charge in [0.2, 0.25) is 0 Å². The molecule has 5 heteroatoms. The molecule has 0 radical (unpaired) electrons. The van der Waals surface area contributed by atoms with Crippen LogP contribution >= 0.6 is 15.9 Å². The van der Waals surface area contributed by atoms with Gasteiger partial charge in [0.15, 0.2) is 5.58 Å². The van der Waals surface area contributed by atoms with Crippen LogP contribution in [0.3, 0.4) is 0 Å². The molecule has 1 unspecified atom stereocenters. The van der Waals surface area contributed by atoms with Crippen molar-refractivity contribution in [3.8, 4) is 5.75 Å². The predicted molar refractivity (Wildman–Crippen MR) is 85.2 cm³/mol. The summed E-state index contributed by atoms with van der Waals surface area (Å²) in [7, 11) is 3.34. The molecule has 0 bridgehead atoms. The monoisotopic (exact) mass is 347 g/mol. The van der Waals surface area contributed by atoms with E-state index in [1.54, 1.807) is 14.2 Å². The fourth-order valence-corrected chi connectivity index (χ4v) is 3.03. The lowest BCUT2D eigenvalue weighted by atomic mass is 10.0. The first kappa shape index (κ1) is 13.9. The summed E-state index contributed by atoms with van der Waals surface area (Å²) < 4.78 is 12.1. The second kappa shape index (κ2) is 5.41. The lowest BCUT2D eigenvalue weighted by Gasteiger charge is -2.14. The van der Waals surface area contributed by atoms with Crippen LogP contribution in [0.15, 0.2) is 51.7 Å². The highest BCUT2D eigenvalue weighted by molar-refractivity contribution is 9.09. The molecule has 1 heterocycles. The van der Waals surface area contributed by atoms with Crippen LogP contribution in [0.4, 0.5) is 0 Å². The molecule has 0 N–H and O–H groups in total. The minimum atomic E-state index is -0.356. The number of halogens is 1. The maximum absolute atomic E-state index is 11.6. The summed E-state index contributed by atoms with van der Waals surface area (Å²) in [5.41, 5.74) is 3.39. The Labute approximate surface area is 130 Å². The molecule has 0 saturated heterocycles. The zero-order valence-corrected chi connectivity index (χ0v) is 13.3. The average molecular weight is 348 g/mol. The van der Waals surface area contributed by atoms with Gasteiger partial charge in [-0.1, -0.05) is 40.2 Å². The standard InChI is InChI=1S/C16H14BrNO3/c1-18-12-8-7-10(9-14(12)21-16(18)19)15(17)11-5-3-4-6-13(11)20-2/h3-9,15H,1-2H3. The molecule has 3 rings (SSSR count). The fourth-order valence-electron chi connectivity index (χ4n) is 2.36. The number of aryl methyl sites for hydroxylation is 1. The van der Waals surface area contributed by atoms with Gasteiger partial charge in [-0.3, -0.25) is 4.57 Å². The molecular weight excluding hydrogens is 334 g/mol. The highest BCUT2D eigenvalue weighted by Crippen LogP contribution is 2.37. The summed E-state index contributed by atoms with van der Waals surface area (Å²) in [6.45, 7) is 0. The van der Waals surface area contributed by atoms with Gasteiger partial charge < -0.3 is 9.15 Å². The molecule has 0 fully saturated rings. The number of para-hydroxylation sites is 1. The first-order chi connectivity index (χ1) is 10.1. The van der Waals surface area contributed by atoms with Crippen molar-refractivity contribution in [1.29, 1.82) is 0 Å². The highest BCUT2D eigenvalue weighted by atomic mass is 79.9. The van der Waals surface area contributed by atoms with E-state index >= 15 is 0 Å². The van der Waals surface area contributed by atoms with Crippen molar-refractivity contribution in [3.63, 3.8) is 0 Å². The van der Waals surface area contributed by atoms with Crippen molar-refractivity contribution in [2.45, 2.75) is 4.83 Å². The lowest BCUT2D eigenvalue weighted by Crippen LogP contribution is -2.08. The van der Waals surface area contributed by atoms with E-state index in [1.165, 1.54) is 4.57 Å². The summed E-state index contributed by atoms with van der Waals surface area (Å²) in [5, 5.41) is 0. The van der Waals surface area contributed by atoms with E-state index in [1.807, 2.05) is 42.5 Å². The Balaban J connectivity index is 2.09. The van der Waals surface area contributed by atoms with Crippen molar-refractivity contribution in [3.05, 3.63) is 64.1 Å². The third kappa shape index (κ3) is 2.38. The number of aromatic nitrogens is 1. The Bertz CT molecular complexity index is 850. The molecule has 0 aliphatic carbocycles. The van der Waals surface area contributed by atoms with Crippen molar-refractivity contribution in [1.82, 2.24) is 4.57 Å². The summed E-state index contributed by atoms with van der Waals surface area (Å²) in [4.78, 5) is 11.5. The fraction of sp³-hybridized carbons (Fsp3) is 0.188. The average Bonchev–Trinajstić information content (AvgIpc) is 2.80. The number of nitrogens with zero attached hydrogens (tertiary/aromatic N) is 1. The summed E-state index contributed by atoms with van der Waals surface area (Å²) in [6.07, 6.45) is 0. The van der Waals surface area contributed by atoms with Crippen molar-refractivity contribution in [2.75, 3.05) is 7.11 Å². The van der Waals surface area contributed by atoms with E-state index in [-0.39, 0.29) is 10.6 Å². The van der Waals surface area contributed by atoms with Crippen LogP contribution in [0.25, 0.3) is 11.1 Å². The number of ether oxygens (including phenoxy) is 1. The van der Waals surface area contributed by atoms with Crippen LogP contribution < -0.4 is 10.5 Å². The molecule has 0 amide bonds. The highest BCUT2D eigenvalue weighted by Gasteiger charge is 2.16. The largest absolute Gasteiger partial charge is 0.496 e. The number of oxazole rings is 1. The van der Waals surface area contributed by atoms with Crippen molar-refractivity contribution >= 4 is 27.0 Å². The van der Waals surface area contributed by atoms with E-state index in [4.69, 9.17) is 9.15 Å². The normalized spacial score (nSPS) is 12.5. The number of benzene rings is 2. The van der Waals surface area contributed by atoms with Gasteiger partial charge in [-0.2, -0.15) is 0 Å². The quantitative estimate of drug-likeness (QED) is 0.679.